The lowest BCUT2D eigenvalue weighted by atomic mass is 10.2. The van der Waals surface area contributed by atoms with Gasteiger partial charge in [0.2, 0.25) is 0 Å². The molecule has 94 valence electrons. The van der Waals surface area contributed by atoms with E-state index in [0.717, 1.165) is 6.42 Å². The Morgan fingerprint density at radius 3 is 2.82 bits per heavy atom. The molecule has 1 unspecified atom stereocenters. The van der Waals surface area contributed by atoms with Gasteiger partial charge in [0.25, 0.3) is 0 Å². The van der Waals surface area contributed by atoms with Crippen molar-refractivity contribution in [1.82, 2.24) is 9.97 Å². The molecule has 1 aromatic heterocycles. The number of rotatable bonds is 4. The van der Waals surface area contributed by atoms with Crippen LogP contribution >= 0.6 is 0 Å². The number of hydrogen-bond donors (Lipinski definition) is 3. The first kappa shape index (κ1) is 12.1. The van der Waals surface area contributed by atoms with E-state index in [4.69, 9.17) is 5.84 Å². The van der Waals surface area contributed by atoms with Gasteiger partial charge >= 0.3 is 0 Å². The van der Waals surface area contributed by atoms with Gasteiger partial charge < -0.3 is 10.7 Å². The maximum Gasteiger partial charge on any atom is 0.160 e. The number of hydrazine groups is 1. The summed E-state index contributed by atoms with van der Waals surface area (Å²) in [7, 11) is -2.92. The average molecular weight is 257 g/mol. The molecule has 0 saturated carbocycles. The predicted octanol–water partition coefficient (Wildman–Crippen LogP) is -0.249. The highest BCUT2D eigenvalue weighted by Gasteiger charge is 2.30. The molecule has 2 rings (SSSR count). The zero-order valence-electron chi connectivity index (χ0n) is 9.26. The molecular weight excluding hydrogens is 242 g/mol. The Kier molecular flexibility index (Phi) is 3.43. The first-order valence-corrected chi connectivity index (χ1v) is 7.07. The van der Waals surface area contributed by atoms with E-state index in [9.17, 15) is 8.42 Å². The average Bonchev–Trinajstić information content (AvgIpc) is 2.66. The number of nitrogens with zero attached hydrogens (tertiary/aromatic N) is 2. The van der Waals surface area contributed by atoms with Gasteiger partial charge in [0.1, 0.15) is 5.82 Å². The van der Waals surface area contributed by atoms with Crippen LogP contribution in [0.5, 0.6) is 0 Å². The van der Waals surface area contributed by atoms with E-state index in [-0.39, 0.29) is 11.0 Å². The third-order valence-corrected chi connectivity index (χ3v) is 5.03. The fourth-order valence-corrected chi connectivity index (χ4v) is 3.59. The number of hydrogen-bond acceptors (Lipinski definition) is 7. The van der Waals surface area contributed by atoms with Crippen LogP contribution in [0.4, 0.5) is 11.6 Å². The second-order valence-corrected chi connectivity index (χ2v) is 6.35. The Labute approximate surface area is 99.7 Å². The number of sulfone groups is 1. The normalized spacial score (nSPS) is 22.3. The molecule has 1 saturated heterocycles. The lowest BCUT2D eigenvalue weighted by molar-refractivity contribution is 0.591. The molecule has 1 aliphatic rings. The fourth-order valence-electron chi connectivity index (χ4n) is 1.83. The monoisotopic (exact) mass is 257 g/mol. The van der Waals surface area contributed by atoms with Gasteiger partial charge in [-0.1, -0.05) is 0 Å². The molecule has 1 fully saturated rings. The van der Waals surface area contributed by atoms with Gasteiger partial charge in [-0.3, -0.25) is 4.98 Å². The number of nitrogen functional groups attached to an aromatic ring is 1. The van der Waals surface area contributed by atoms with Crippen molar-refractivity contribution < 1.29 is 8.42 Å². The third kappa shape index (κ3) is 2.83. The highest BCUT2D eigenvalue weighted by atomic mass is 32.2. The van der Waals surface area contributed by atoms with E-state index in [2.05, 4.69) is 20.7 Å². The van der Waals surface area contributed by atoms with E-state index in [0.29, 0.717) is 24.6 Å². The molecular formula is C9H15N5O2S. The standard InChI is InChI=1S/C9H15N5O2S/c10-14-9-6-11-5-8(13-9)12-4-7-2-1-3-17(7,15)16/h5-7H,1-4,10H2,(H2,12,13,14). The number of nitrogens with one attached hydrogen (secondary N) is 2. The zero-order valence-corrected chi connectivity index (χ0v) is 10.1. The summed E-state index contributed by atoms with van der Waals surface area (Å²) >= 11 is 0. The van der Waals surface area contributed by atoms with Crippen LogP contribution in [-0.2, 0) is 9.84 Å². The molecule has 7 nitrogen and oxygen atoms in total. The summed E-state index contributed by atoms with van der Waals surface area (Å²) in [6.07, 6.45) is 4.46. The van der Waals surface area contributed by atoms with Crippen molar-refractivity contribution in [2.24, 2.45) is 5.84 Å². The minimum Gasteiger partial charge on any atom is -0.367 e. The van der Waals surface area contributed by atoms with Crippen LogP contribution in [0.3, 0.4) is 0 Å². The Hall–Kier alpha value is -1.41. The predicted molar refractivity (Wildman–Crippen MR) is 65.1 cm³/mol. The molecule has 4 N–H and O–H groups in total. The maximum atomic E-state index is 11.6. The van der Waals surface area contributed by atoms with Crippen molar-refractivity contribution in [1.29, 1.82) is 0 Å². The van der Waals surface area contributed by atoms with Crippen LogP contribution in [0.2, 0.25) is 0 Å². The number of anilines is 2. The minimum atomic E-state index is -2.92. The smallest absolute Gasteiger partial charge is 0.160 e. The lowest BCUT2D eigenvalue weighted by Crippen LogP contribution is -2.25. The Morgan fingerprint density at radius 1 is 1.41 bits per heavy atom. The highest BCUT2D eigenvalue weighted by Crippen LogP contribution is 2.20. The molecule has 1 atom stereocenters. The van der Waals surface area contributed by atoms with Crippen LogP contribution in [-0.4, -0.2) is 35.9 Å². The van der Waals surface area contributed by atoms with Gasteiger partial charge in [-0.05, 0) is 12.8 Å². The molecule has 0 aromatic carbocycles. The van der Waals surface area contributed by atoms with Gasteiger partial charge in [-0.25, -0.2) is 19.2 Å². The summed E-state index contributed by atoms with van der Waals surface area (Å²) in [5.74, 6) is 6.44. The molecule has 1 aromatic rings. The quantitative estimate of drug-likeness (QED) is 0.504. The van der Waals surface area contributed by atoms with Crippen LogP contribution in [0.25, 0.3) is 0 Å². The third-order valence-electron chi connectivity index (χ3n) is 2.76. The Morgan fingerprint density at radius 2 is 2.18 bits per heavy atom. The van der Waals surface area contributed by atoms with Crippen LogP contribution in [0.1, 0.15) is 12.8 Å². The molecule has 8 heteroatoms. The molecule has 0 radical (unpaired) electrons. The molecule has 0 aliphatic carbocycles. The van der Waals surface area contributed by atoms with Gasteiger partial charge in [0, 0.05) is 6.54 Å². The SMILES string of the molecule is NNc1cncc(NCC2CCCS2(=O)=O)n1. The van der Waals surface area contributed by atoms with Crippen molar-refractivity contribution >= 4 is 21.5 Å². The number of nitrogens with two attached hydrogens (primary N) is 1. The zero-order chi connectivity index (χ0) is 12.3. The van der Waals surface area contributed by atoms with Crippen molar-refractivity contribution in [3.05, 3.63) is 12.4 Å². The molecule has 0 amide bonds. The van der Waals surface area contributed by atoms with E-state index in [1.807, 2.05) is 0 Å². The van der Waals surface area contributed by atoms with E-state index in [1.165, 1.54) is 12.4 Å². The number of aromatic nitrogens is 2. The molecule has 1 aliphatic heterocycles. The maximum absolute atomic E-state index is 11.6. The first-order chi connectivity index (χ1) is 8.12. The summed E-state index contributed by atoms with van der Waals surface area (Å²) in [6, 6.07) is 0. The summed E-state index contributed by atoms with van der Waals surface area (Å²) in [6.45, 7) is 0.366. The Bertz CT molecular complexity index is 490. The Balaban J connectivity index is 1.98. The van der Waals surface area contributed by atoms with Gasteiger partial charge in [0.15, 0.2) is 15.7 Å². The topological polar surface area (TPSA) is 110 Å². The summed E-state index contributed by atoms with van der Waals surface area (Å²) in [5.41, 5.74) is 2.38. The van der Waals surface area contributed by atoms with E-state index >= 15 is 0 Å². The largest absolute Gasteiger partial charge is 0.367 e. The lowest BCUT2D eigenvalue weighted by Gasteiger charge is -2.11. The van der Waals surface area contributed by atoms with Crippen LogP contribution in [0, 0.1) is 0 Å². The summed E-state index contributed by atoms with van der Waals surface area (Å²) in [4.78, 5) is 8.02. The van der Waals surface area contributed by atoms with Gasteiger partial charge in [-0.15, -0.1) is 0 Å². The highest BCUT2D eigenvalue weighted by molar-refractivity contribution is 7.92. The van der Waals surface area contributed by atoms with Gasteiger partial charge in [0.05, 0.1) is 23.4 Å². The second-order valence-electron chi connectivity index (χ2n) is 3.95. The van der Waals surface area contributed by atoms with Crippen LogP contribution in [0.15, 0.2) is 12.4 Å². The molecule has 17 heavy (non-hydrogen) atoms. The molecule has 0 bridgehead atoms. The summed E-state index contributed by atoms with van der Waals surface area (Å²) < 4.78 is 23.2. The van der Waals surface area contributed by atoms with Crippen molar-refractivity contribution in [2.45, 2.75) is 18.1 Å². The molecule has 2 heterocycles. The summed E-state index contributed by atoms with van der Waals surface area (Å²) in [5, 5.41) is 2.65. The van der Waals surface area contributed by atoms with Crippen molar-refractivity contribution in [2.75, 3.05) is 23.0 Å². The van der Waals surface area contributed by atoms with Gasteiger partial charge in [-0.2, -0.15) is 0 Å². The van der Waals surface area contributed by atoms with E-state index < -0.39 is 9.84 Å². The molecule has 0 spiro atoms. The first-order valence-electron chi connectivity index (χ1n) is 5.36. The van der Waals surface area contributed by atoms with Crippen molar-refractivity contribution in [3.63, 3.8) is 0 Å². The van der Waals surface area contributed by atoms with E-state index in [1.54, 1.807) is 0 Å². The minimum absolute atomic E-state index is 0.287. The second kappa shape index (κ2) is 4.84. The van der Waals surface area contributed by atoms with Crippen LogP contribution < -0.4 is 16.6 Å². The fraction of sp³-hybridized carbons (Fsp3) is 0.556. The van der Waals surface area contributed by atoms with Crippen molar-refractivity contribution in [3.8, 4) is 0 Å².